The Hall–Kier alpha value is 0.394. The number of nitrogens with two attached hydrogens (primary N) is 1. The predicted molar refractivity (Wildman–Crippen MR) is 53.0 cm³/mol. The SMILES string of the molecule is CCC(C)[Si](N)[Si](C)(C)C. The molecule has 0 aromatic carbocycles. The zero-order chi connectivity index (χ0) is 8.36. The van der Waals surface area contributed by atoms with Gasteiger partial charge in [0.2, 0.25) is 0 Å². The van der Waals surface area contributed by atoms with E-state index < -0.39 is 16.1 Å². The van der Waals surface area contributed by atoms with Crippen molar-refractivity contribution in [1.29, 1.82) is 0 Å². The van der Waals surface area contributed by atoms with Gasteiger partial charge in [-0.05, 0) is 5.54 Å². The molecule has 1 nitrogen and oxygen atoms in total. The molecule has 0 spiro atoms. The van der Waals surface area contributed by atoms with Gasteiger partial charge in [0.1, 0.15) is 8.48 Å². The van der Waals surface area contributed by atoms with E-state index in [0.717, 1.165) is 5.54 Å². The Kier molecular flexibility index (Phi) is 3.83. The van der Waals surface area contributed by atoms with Crippen molar-refractivity contribution in [2.75, 3.05) is 0 Å². The van der Waals surface area contributed by atoms with Crippen molar-refractivity contribution in [1.82, 2.24) is 0 Å². The fourth-order valence-corrected chi connectivity index (χ4v) is 7.92. The number of rotatable bonds is 3. The Balaban J connectivity index is 3.94. The highest BCUT2D eigenvalue weighted by Crippen LogP contribution is 2.17. The Morgan fingerprint density at radius 3 is 1.90 bits per heavy atom. The molecule has 0 aliphatic rings. The zero-order valence-electron chi connectivity index (χ0n) is 7.86. The Bertz CT molecular complexity index is 98.3. The summed E-state index contributed by atoms with van der Waals surface area (Å²) in [4.78, 5) is 0. The molecule has 0 saturated carbocycles. The van der Waals surface area contributed by atoms with Gasteiger partial charge in [0, 0.05) is 0 Å². The monoisotopic (exact) mass is 174 g/mol. The van der Waals surface area contributed by atoms with Crippen molar-refractivity contribution < 1.29 is 0 Å². The van der Waals surface area contributed by atoms with E-state index in [1.165, 1.54) is 6.42 Å². The van der Waals surface area contributed by atoms with Crippen molar-refractivity contribution in [3.05, 3.63) is 0 Å². The van der Waals surface area contributed by atoms with Gasteiger partial charge >= 0.3 is 0 Å². The lowest BCUT2D eigenvalue weighted by Crippen LogP contribution is -2.52. The van der Waals surface area contributed by atoms with Crippen LogP contribution < -0.4 is 5.40 Å². The standard InChI is InChI=1S/C7H20NSi2/c1-6-7(2)9(8)10(3,4)5/h7H,6,8H2,1-5H3. The molecule has 1 unspecified atom stereocenters. The first kappa shape index (κ1) is 10.4. The van der Waals surface area contributed by atoms with Crippen LogP contribution in [0, 0.1) is 0 Å². The first-order chi connectivity index (χ1) is 4.39. The molecule has 0 aliphatic heterocycles. The summed E-state index contributed by atoms with van der Waals surface area (Å²) in [5.41, 5.74) is 0.802. The van der Waals surface area contributed by atoms with Crippen molar-refractivity contribution in [3.63, 3.8) is 0 Å². The molecule has 0 fully saturated rings. The van der Waals surface area contributed by atoms with Crippen LogP contribution in [-0.4, -0.2) is 16.1 Å². The summed E-state index contributed by atoms with van der Waals surface area (Å²) in [5.74, 6) is 0. The average Bonchev–Trinajstić information content (AvgIpc) is 1.83. The van der Waals surface area contributed by atoms with Gasteiger partial charge in [0.25, 0.3) is 0 Å². The molecule has 0 aromatic heterocycles. The summed E-state index contributed by atoms with van der Waals surface area (Å²) < 4.78 is 0. The summed E-state index contributed by atoms with van der Waals surface area (Å²) in [5, 5.41) is 6.17. The van der Waals surface area contributed by atoms with E-state index in [1.54, 1.807) is 0 Å². The Morgan fingerprint density at radius 2 is 1.80 bits per heavy atom. The van der Waals surface area contributed by atoms with Crippen LogP contribution >= 0.6 is 0 Å². The lowest BCUT2D eigenvalue weighted by Gasteiger charge is -2.27. The first-order valence-electron chi connectivity index (χ1n) is 4.02. The van der Waals surface area contributed by atoms with Crippen molar-refractivity contribution in [2.24, 2.45) is 5.40 Å². The van der Waals surface area contributed by atoms with Crippen LogP contribution in [0.15, 0.2) is 0 Å². The van der Waals surface area contributed by atoms with Gasteiger partial charge in [0.15, 0.2) is 0 Å². The second-order valence-corrected chi connectivity index (χ2v) is 16.6. The molecular weight excluding hydrogens is 154 g/mol. The molecule has 1 atom stereocenters. The molecule has 0 aromatic rings. The molecular formula is C7H20NSi2. The average molecular weight is 174 g/mol. The second kappa shape index (κ2) is 3.69. The number of hydrogen-bond acceptors (Lipinski definition) is 1. The third kappa shape index (κ3) is 2.99. The summed E-state index contributed by atoms with van der Waals surface area (Å²) in [6.07, 6.45) is 1.26. The maximum atomic E-state index is 6.17. The third-order valence-electron chi connectivity index (χ3n) is 2.01. The summed E-state index contributed by atoms with van der Waals surface area (Å²) >= 11 is 0. The lowest BCUT2D eigenvalue weighted by atomic mass is 10.4. The Morgan fingerprint density at radius 1 is 1.40 bits per heavy atom. The minimum absolute atomic E-state index is 0.495. The molecule has 0 amide bonds. The fourth-order valence-electron chi connectivity index (χ4n) is 0.959. The van der Waals surface area contributed by atoms with Crippen molar-refractivity contribution >= 4 is 16.1 Å². The Labute approximate surface area is 67.5 Å². The van der Waals surface area contributed by atoms with Gasteiger partial charge in [-0.25, -0.2) is 0 Å². The van der Waals surface area contributed by atoms with Gasteiger partial charge in [-0.3, -0.25) is 0 Å². The van der Waals surface area contributed by atoms with Gasteiger partial charge < -0.3 is 5.40 Å². The van der Waals surface area contributed by atoms with Crippen LogP contribution in [0.3, 0.4) is 0 Å². The minimum Gasteiger partial charge on any atom is -0.353 e. The van der Waals surface area contributed by atoms with Crippen LogP contribution in [0.5, 0.6) is 0 Å². The normalized spacial score (nSPS) is 15.9. The maximum absolute atomic E-state index is 6.17. The molecule has 0 saturated heterocycles. The summed E-state index contributed by atoms with van der Waals surface area (Å²) in [6.45, 7) is 11.7. The summed E-state index contributed by atoms with van der Waals surface area (Å²) in [6, 6.07) is 0. The van der Waals surface area contributed by atoms with E-state index in [4.69, 9.17) is 5.40 Å². The van der Waals surface area contributed by atoms with Crippen LogP contribution in [0.2, 0.25) is 25.2 Å². The smallest absolute Gasteiger partial charge is 0.121 e. The van der Waals surface area contributed by atoms with Gasteiger partial charge in [-0.1, -0.05) is 39.9 Å². The fraction of sp³-hybridized carbons (Fsp3) is 1.00. The van der Waals surface area contributed by atoms with Gasteiger partial charge in [0.05, 0.1) is 7.59 Å². The zero-order valence-corrected chi connectivity index (χ0v) is 9.86. The van der Waals surface area contributed by atoms with Gasteiger partial charge in [-0.2, -0.15) is 0 Å². The first-order valence-corrected chi connectivity index (χ1v) is 10.2. The molecule has 0 heterocycles. The van der Waals surface area contributed by atoms with E-state index >= 15 is 0 Å². The third-order valence-corrected chi connectivity index (χ3v) is 11.9. The van der Waals surface area contributed by atoms with E-state index in [2.05, 4.69) is 33.5 Å². The highest BCUT2D eigenvalue weighted by atomic mass is 29.2. The highest BCUT2D eigenvalue weighted by Gasteiger charge is 2.29. The summed E-state index contributed by atoms with van der Waals surface area (Å²) in [7, 11) is -1.46. The topological polar surface area (TPSA) is 26.0 Å². The molecule has 61 valence electrons. The van der Waals surface area contributed by atoms with Crippen molar-refractivity contribution in [2.45, 2.75) is 45.5 Å². The second-order valence-electron chi connectivity index (χ2n) is 4.01. The van der Waals surface area contributed by atoms with Gasteiger partial charge in [-0.15, -0.1) is 0 Å². The van der Waals surface area contributed by atoms with Crippen LogP contribution in [0.1, 0.15) is 20.3 Å². The lowest BCUT2D eigenvalue weighted by molar-refractivity contribution is 0.861. The van der Waals surface area contributed by atoms with E-state index in [0.29, 0.717) is 0 Å². The maximum Gasteiger partial charge on any atom is 0.121 e. The van der Waals surface area contributed by atoms with Crippen LogP contribution in [0.25, 0.3) is 0 Å². The molecule has 2 N–H and O–H groups in total. The van der Waals surface area contributed by atoms with E-state index in [-0.39, 0.29) is 0 Å². The molecule has 1 radical (unpaired) electrons. The van der Waals surface area contributed by atoms with Crippen LogP contribution in [-0.2, 0) is 0 Å². The quantitative estimate of drug-likeness (QED) is 0.652. The van der Waals surface area contributed by atoms with E-state index in [9.17, 15) is 0 Å². The highest BCUT2D eigenvalue weighted by molar-refractivity contribution is 7.31. The van der Waals surface area contributed by atoms with E-state index in [1.807, 2.05) is 0 Å². The number of hydrogen-bond donors (Lipinski definition) is 1. The largest absolute Gasteiger partial charge is 0.353 e. The minimum atomic E-state index is -0.965. The molecule has 0 bridgehead atoms. The molecule has 0 rings (SSSR count). The molecule has 0 aliphatic carbocycles. The molecule has 10 heavy (non-hydrogen) atoms. The van der Waals surface area contributed by atoms with Crippen LogP contribution in [0.4, 0.5) is 0 Å². The van der Waals surface area contributed by atoms with Crippen molar-refractivity contribution in [3.8, 4) is 0 Å². The molecule has 3 heteroatoms. The predicted octanol–water partition coefficient (Wildman–Crippen LogP) is 2.15.